The van der Waals surface area contributed by atoms with E-state index in [0.717, 1.165) is 71.3 Å². The standard InChI is InChI=1S/C19H39N5O2/c1-20-19(22-8-4-14-25-16-18-6-15-26-17-18)21-7-3-10-24-11-5-9-23(2)12-13-24/h18H,3-17H2,1-2H3,(H2,20,21,22). The number of nitrogens with one attached hydrogen (secondary N) is 2. The molecule has 0 aliphatic carbocycles. The topological polar surface area (TPSA) is 61.4 Å². The number of ether oxygens (including phenoxy) is 2. The molecule has 2 N–H and O–H groups in total. The molecule has 0 amide bonds. The third-order valence-electron chi connectivity index (χ3n) is 5.11. The van der Waals surface area contributed by atoms with E-state index in [4.69, 9.17) is 9.47 Å². The Morgan fingerprint density at radius 3 is 2.77 bits per heavy atom. The summed E-state index contributed by atoms with van der Waals surface area (Å²) < 4.78 is 11.1. The van der Waals surface area contributed by atoms with Crippen molar-refractivity contribution in [3.63, 3.8) is 0 Å². The summed E-state index contributed by atoms with van der Waals surface area (Å²) in [6, 6.07) is 0. The molecule has 0 bridgehead atoms. The van der Waals surface area contributed by atoms with Gasteiger partial charge in [0.2, 0.25) is 0 Å². The quantitative estimate of drug-likeness (QED) is 0.334. The molecule has 2 saturated heterocycles. The van der Waals surface area contributed by atoms with E-state index < -0.39 is 0 Å². The summed E-state index contributed by atoms with van der Waals surface area (Å²) in [6.07, 6.45) is 4.57. The number of hydrogen-bond donors (Lipinski definition) is 2. The summed E-state index contributed by atoms with van der Waals surface area (Å²) in [5.41, 5.74) is 0. The highest BCUT2D eigenvalue weighted by molar-refractivity contribution is 5.79. The maximum absolute atomic E-state index is 5.73. The zero-order chi connectivity index (χ0) is 18.5. The molecule has 2 aliphatic heterocycles. The predicted octanol–water partition coefficient (Wildman–Crippen LogP) is 0.622. The van der Waals surface area contributed by atoms with E-state index in [2.05, 4.69) is 32.5 Å². The lowest BCUT2D eigenvalue weighted by molar-refractivity contribution is 0.0888. The number of aliphatic imine (C=N–C) groups is 1. The monoisotopic (exact) mass is 369 g/mol. The number of likely N-dealkylation sites (N-methyl/N-ethyl adjacent to an activating group) is 1. The minimum Gasteiger partial charge on any atom is -0.381 e. The van der Waals surface area contributed by atoms with E-state index in [-0.39, 0.29) is 0 Å². The SMILES string of the molecule is CN=C(NCCCOCC1CCOC1)NCCCN1CCCN(C)CC1. The first-order valence-corrected chi connectivity index (χ1v) is 10.3. The van der Waals surface area contributed by atoms with Gasteiger partial charge in [-0.25, -0.2) is 0 Å². The van der Waals surface area contributed by atoms with Crippen LogP contribution >= 0.6 is 0 Å². The van der Waals surface area contributed by atoms with E-state index in [1.165, 1.54) is 32.6 Å². The first-order valence-electron chi connectivity index (χ1n) is 10.3. The second kappa shape index (κ2) is 13.3. The highest BCUT2D eigenvalue weighted by Gasteiger charge is 2.15. The predicted molar refractivity (Wildman–Crippen MR) is 107 cm³/mol. The highest BCUT2D eigenvalue weighted by atomic mass is 16.5. The fourth-order valence-electron chi connectivity index (χ4n) is 3.40. The molecule has 2 fully saturated rings. The Hall–Kier alpha value is -0.890. The Morgan fingerprint density at radius 2 is 2.00 bits per heavy atom. The van der Waals surface area contributed by atoms with Crippen molar-refractivity contribution in [1.29, 1.82) is 0 Å². The molecule has 0 spiro atoms. The lowest BCUT2D eigenvalue weighted by Crippen LogP contribution is -2.39. The van der Waals surface area contributed by atoms with Crippen molar-refractivity contribution in [2.24, 2.45) is 10.9 Å². The number of nitrogens with zero attached hydrogens (tertiary/aromatic N) is 3. The molecule has 2 rings (SSSR count). The van der Waals surface area contributed by atoms with E-state index in [9.17, 15) is 0 Å². The Kier molecular flexibility index (Phi) is 11.0. The molecule has 0 aromatic rings. The van der Waals surface area contributed by atoms with Crippen LogP contribution in [0, 0.1) is 5.92 Å². The lowest BCUT2D eigenvalue weighted by Gasteiger charge is -2.20. The summed E-state index contributed by atoms with van der Waals surface area (Å²) in [4.78, 5) is 9.30. The molecule has 1 unspecified atom stereocenters. The maximum Gasteiger partial charge on any atom is 0.190 e. The Labute approximate surface area is 159 Å². The second-order valence-electron chi connectivity index (χ2n) is 7.44. The van der Waals surface area contributed by atoms with E-state index in [1.807, 2.05) is 7.05 Å². The van der Waals surface area contributed by atoms with Gasteiger partial charge in [0.15, 0.2) is 5.96 Å². The minimum atomic E-state index is 0.599. The largest absolute Gasteiger partial charge is 0.381 e. The van der Waals surface area contributed by atoms with Crippen molar-refractivity contribution >= 4 is 5.96 Å². The van der Waals surface area contributed by atoms with Gasteiger partial charge in [-0.15, -0.1) is 0 Å². The number of rotatable bonds is 10. The van der Waals surface area contributed by atoms with Gasteiger partial charge in [0, 0.05) is 52.4 Å². The molecule has 0 aromatic carbocycles. The van der Waals surface area contributed by atoms with Crippen LogP contribution in [0.3, 0.4) is 0 Å². The zero-order valence-corrected chi connectivity index (χ0v) is 16.8. The Morgan fingerprint density at radius 1 is 1.15 bits per heavy atom. The van der Waals surface area contributed by atoms with Gasteiger partial charge < -0.3 is 29.9 Å². The van der Waals surface area contributed by atoms with Gasteiger partial charge >= 0.3 is 0 Å². The molecule has 2 aliphatic rings. The van der Waals surface area contributed by atoms with Crippen LogP contribution < -0.4 is 10.6 Å². The third-order valence-corrected chi connectivity index (χ3v) is 5.11. The first-order chi connectivity index (χ1) is 12.8. The molecular formula is C19H39N5O2. The number of hydrogen-bond acceptors (Lipinski definition) is 5. The fraction of sp³-hybridized carbons (Fsp3) is 0.947. The molecule has 7 heteroatoms. The molecule has 7 nitrogen and oxygen atoms in total. The van der Waals surface area contributed by atoms with Crippen LogP contribution in [-0.2, 0) is 9.47 Å². The minimum absolute atomic E-state index is 0.599. The highest BCUT2D eigenvalue weighted by Crippen LogP contribution is 2.12. The van der Waals surface area contributed by atoms with E-state index in [0.29, 0.717) is 5.92 Å². The number of guanidine groups is 1. The average molecular weight is 370 g/mol. The van der Waals surface area contributed by atoms with Crippen molar-refractivity contribution < 1.29 is 9.47 Å². The molecular weight excluding hydrogens is 330 g/mol. The summed E-state index contributed by atoms with van der Waals surface area (Å²) in [5.74, 6) is 1.49. The smallest absolute Gasteiger partial charge is 0.190 e. The Balaban J connectivity index is 1.43. The summed E-state index contributed by atoms with van der Waals surface area (Å²) >= 11 is 0. The van der Waals surface area contributed by atoms with Gasteiger partial charge in [-0.2, -0.15) is 0 Å². The van der Waals surface area contributed by atoms with Crippen molar-refractivity contribution in [3.8, 4) is 0 Å². The summed E-state index contributed by atoms with van der Waals surface area (Å²) in [6.45, 7) is 11.2. The van der Waals surface area contributed by atoms with Crippen molar-refractivity contribution in [2.75, 3.05) is 86.3 Å². The summed E-state index contributed by atoms with van der Waals surface area (Å²) in [5, 5.41) is 6.78. The van der Waals surface area contributed by atoms with Gasteiger partial charge in [-0.05, 0) is 52.4 Å². The molecule has 2 heterocycles. The van der Waals surface area contributed by atoms with Gasteiger partial charge in [0.1, 0.15) is 0 Å². The molecule has 0 radical (unpaired) electrons. The zero-order valence-electron chi connectivity index (χ0n) is 16.8. The van der Waals surface area contributed by atoms with Gasteiger partial charge in [0.25, 0.3) is 0 Å². The van der Waals surface area contributed by atoms with Crippen LogP contribution in [0.4, 0.5) is 0 Å². The fourth-order valence-corrected chi connectivity index (χ4v) is 3.40. The van der Waals surface area contributed by atoms with Crippen LogP contribution in [0.25, 0.3) is 0 Å². The first kappa shape index (κ1) is 21.4. The van der Waals surface area contributed by atoms with Crippen LogP contribution in [0.2, 0.25) is 0 Å². The van der Waals surface area contributed by atoms with Gasteiger partial charge in [-0.3, -0.25) is 4.99 Å². The molecule has 26 heavy (non-hydrogen) atoms. The second-order valence-corrected chi connectivity index (χ2v) is 7.44. The molecule has 152 valence electrons. The maximum atomic E-state index is 5.73. The van der Waals surface area contributed by atoms with Crippen molar-refractivity contribution in [3.05, 3.63) is 0 Å². The van der Waals surface area contributed by atoms with Crippen LogP contribution in [0.1, 0.15) is 25.7 Å². The van der Waals surface area contributed by atoms with E-state index >= 15 is 0 Å². The molecule has 1 atom stereocenters. The van der Waals surface area contributed by atoms with E-state index in [1.54, 1.807) is 0 Å². The van der Waals surface area contributed by atoms with Crippen molar-refractivity contribution in [2.45, 2.75) is 25.7 Å². The van der Waals surface area contributed by atoms with Gasteiger partial charge in [0.05, 0.1) is 13.2 Å². The Bertz CT molecular complexity index is 388. The normalized spacial score (nSPS) is 23.2. The summed E-state index contributed by atoms with van der Waals surface area (Å²) in [7, 11) is 4.05. The average Bonchev–Trinajstić information content (AvgIpc) is 3.08. The van der Waals surface area contributed by atoms with Crippen LogP contribution in [-0.4, -0.2) is 102 Å². The van der Waals surface area contributed by atoms with Crippen LogP contribution in [0.15, 0.2) is 4.99 Å². The molecule has 0 saturated carbocycles. The van der Waals surface area contributed by atoms with Crippen LogP contribution in [0.5, 0.6) is 0 Å². The van der Waals surface area contributed by atoms with Crippen molar-refractivity contribution in [1.82, 2.24) is 20.4 Å². The van der Waals surface area contributed by atoms with Gasteiger partial charge in [-0.1, -0.05) is 0 Å². The lowest BCUT2D eigenvalue weighted by atomic mass is 10.1. The molecule has 0 aromatic heterocycles. The third kappa shape index (κ3) is 9.16.